The first-order chi connectivity index (χ1) is 7.12. The van der Waals surface area contributed by atoms with Crippen molar-refractivity contribution in [3.63, 3.8) is 0 Å². The molecule has 1 rings (SSSR count). The zero-order valence-corrected chi connectivity index (χ0v) is 9.72. The highest BCUT2D eigenvalue weighted by Gasteiger charge is 2.15. The minimum atomic E-state index is -3.30. The summed E-state index contributed by atoms with van der Waals surface area (Å²) >= 11 is 4.31. The quantitative estimate of drug-likeness (QED) is 0.460. The minimum Gasteiger partial charge on any atom is -0.321 e. The van der Waals surface area contributed by atoms with Crippen LogP contribution in [0.1, 0.15) is 0 Å². The van der Waals surface area contributed by atoms with Crippen LogP contribution in [0.25, 0.3) is 0 Å². The number of hydrogen-bond acceptors (Lipinski definition) is 8. The molecule has 0 atom stereocenters. The monoisotopic (exact) mass is 255 g/mol. The lowest BCUT2D eigenvalue weighted by Crippen LogP contribution is -1.91. The summed E-state index contributed by atoms with van der Waals surface area (Å²) < 4.78 is 8.21. The fourth-order valence-electron chi connectivity index (χ4n) is 0.406. The molecular formula is C5H10N3O5PS. The van der Waals surface area contributed by atoms with Crippen LogP contribution in [0.4, 0.5) is 0 Å². The Morgan fingerprint density at radius 2 is 1.33 bits per heavy atom. The van der Waals surface area contributed by atoms with Crippen LogP contribution in [0.3, 0.4) is 0 Å². The Balaban J connectivity index is 0.000000280. The van der Waals surface area contributed by atoms with Crippen molar-refractivity contribution >= 4 is 18.5 Å². The highest BCUT2D eigenvalue weighted by atomic mass is 32.5. The van der Waals surface area contributed by atoms with Crippen LogP contribution >= 0.6 is 6.72 Å². The van der Waals surface area contributed by atoms with E-state index in [-0.39, 0.29) is 0 Å². The molecule has 86 valence electrons. The average molecular weight is 255 g/mol. The van der Waals surface area contributed by atoms with Gasteiger partial charge in [0.05, 0.1) is 14.2 Å². The summed E-state index contributed by atoms with van der Waals surface area (Å²) in [6, 6.07) is 0. The summed E-state index contributed by atoms with van der Waals surface area (Å²) in [5.41, 5.74) is 0. The Labute approximate surface area is 91.3 Å². The second-order valence-corrected chi connectivity index (χ2v) is 4.36. The van der Waals surface area contributed by atoms with E-state index in [0.717, 1.165) is 0 Å². The van der Waals surface area contributed by atoms with E-state index in [1.54, 1.807) is 0 Å². The van der Waals surface area contributed by atoms with Gasteiger partial charge in [0.15, 0.2) is 0 Å². The molecule has 1 aromatic heterocycles. The van der Waals surface area contributed by atoms with Crippen LogP contribution in [0.15, 0.2) is 19.0 Å². The molecule has 15 heavy (non-hydrogen) atoms. The topological polar surface area (TPSA) is 95.8 Å². The van der Waals surface area contributed by atoms with Crippen LogP contribution in [-0.2, 0) is 30.9 Å². The molecule has 0 saturated carbocycles. The van der Waals surface area contributed by atoms with Crippen LogP contribution in [0.5, 0.6) is 0 Å². The van der Waals surface area contributed by atoms with Crippen molar-refractivity contribution in [3.8, 4) is 0 Å². The lowest BCUT2D eigenvalue weighted by atomic mass is 11.1. The predicted octanol–water partition coefficient (Wildman–Crippen LogP) is 0.231. The molecule has 8 nitrogen and oxygen atoms in total. The third-order valence-electron chi connectivity index (χ3n) is 0.737. The second kappa shape index (κ2) is 8.74. The van der Waals surface area contributed by atoms with Gasteiger partial charge in [-0.15, -0.1) is 9.35 Å². The van der Waals surface area contributed by atoms with E-state index in [1.165, 1.54) is 33.2 Å². The first-order valence-corrected chi connectivity index (χ1v) is 6.04. The van der Waals surface area contributed by atoms with E-state index in [9.17, 15) is 0 Å². The Morgan fingerprint density at radius 3 is 1.53 bits per heavy atom. The number of aromatic nitrogens is 3. The smallest absolute Gasteiger partial charge is 0.321 e. The molecule has 0 aliphatic heterocycles. The van der Waals surface area contributed by atoms with E-state index in [1.807, 2.05) is 0 Å². The fraction of sp³-hybridized carbons (Fsp3) is 0.400. The van der Waals surface area contributed by atoms with Crippen molar-refractivity contribution in [1.82, 2.24) is 15.0 Å². The summed E-state index contributed by atoms with van der Waals surface area (Å²) in [7, 11) is 2.41. The van der Waals surface area contributed by atoms with Gasteiger partial charge in [0.1, 0.15) is 19.0 Å². The summed E-state index contributed by atoms with van der Waals surface area (Å²) in [6.07, 6.45) is 4.31. The van der Waals surface area contributed by atoms with Gasteiger partial charge in [-0.2, -0.15) is 0 Å². The normalized spacial score (nSPS) is 10.3. The highest BCUT2D eigenvalue weighted by Crippen LogP contribution is 2.43. The summed E-state index contributed by atoms with van der Waals surface area (Å²) in [5, 5.41) is 0. The molecular weight excluding hydrogens is 245 g/mol. The molecule has 0 aromatic carbocycles. The maximum Gasteiger partial charge on any atom is 0.380 e. The molecule has 0 aliphatic rings. The van der Waals surface area contributed by atoms with Crippen molar-refractivity contribution in [1.29, 1.82) is 0 Å². The van der Waals surface area contributed by atoms with Gasteiger partial charge in [0.25, 0.3) is 0 Å². The van der Waals surface area contributed by atoms with E-state index in [4.69, 9.17) is 4.89 Å². The Bertz CT molecular complexity index is 253. The van der Waals surface area contributed by atoms with Crippen molar-refractivity contribution < 1.29 is 24.0 Å². The largest absolute Gasteiger partial charge is 0.380 e. The summed E-state index contributed by atoms with van der Waals surface area (Å²) in [4.78, 5) is 27.5. The Kier molecular flexibility index (Phi) is 8.43. The Morgan fingerprint density at radius 1 is 1.00 bits per heavy atom. The van der Waals surface area contributed by atoms with Gasteiger partial charge in [-0.1, -0.05) is 0 Å². The molecule has 0 fully saturated rings. The van der Waals surface area contributed by atoms with Crippen LogP contribution in [-0.4, -0.2) is 34.1 Å². The van der Waals surface area contributed by atoms with Crippen LogP contribution in [0.2, 0.25) is 0 Å². The SMILES string of the molecule is COOP(O)(=S)OOC.c1ncncn1. The first-order valence-electron chi connectivity index (χ1n) is 3.45. The molecule has 0 saturated heterocycles. The van der Waals surface area contributed by atoms with E-state index >= 15 is 0 Å². The number of rotatable bonds is 4. The van der Waals surface area contributed by atoms with Crippen LogP contribution in [0, 0.1) is 0 Å². The summed E-state index contributed by atoms with van der Waals surface area (Å²) in [5.74, 6) is 0. The lowest BCUT2D eigenvalue weighted by molar-refractivity contribution is -0.243. The molecule has 1 N–H and O–H groups in total. The minimum absolute atomic E-state index is 1.20. The maximum absolute atomic E-state index is 8.75. The van der Waals surface area contributed by atoms with Crippen molar-refractivity contribution in [2.45, 2.75) is 0 Å². The van der Waals surface area contributed by atoms with Crippen LogP contribution < -0.4 is 0 Å². The molecule has 0 bridgehead atoms. The molecule has 0 aliphatic carbocycles. The zero-order valence-electron chi connectivity index (χ0n) is 8.01. The molecule has 0 radical (unpaired) electrons. The maximum atomic E-state index is 8.75. The average Bonchev–Trinajstić information content (AvgIpc) is 2.21. The third kappa shape index (κ3) is 9.76. The zero-order chi connectivity index (χ0) is 11.6. The molecule has 0 amide bonds. The van der Waals surface area contributed by atoms with Gasteiger partial charge in [0.2, 0.25) is 0 Å². The second-order valence-electron chi connectivity index (χ2n) is 1.74. The first kappa shape index (κ1) is 14.5. The Hall–Kier alpha value is -0.540. The van der Waals surface area contributed by atoms with Crippen molar-refractivity contribution in [3.05, 3.63) is 19.0 Å². The lowest BCUT2D eigenvalue weighted by Gasteiger charge is -2.08. The van der Waals surface area contributed by atoms with Gasteiger partial charge in [-0.3, -0.25) is 0 Å². The molecule has 1 heterocycles. The molecule has 10 heteroatoms. The molecule has 0 spiro atoms. The van der Waals surface area contributed by atoms with Crippen molar-refractivity contribution in [2.24, 2.45) is 0 Å². The number of hydrogen-bond donors (Lipinski definition) is 1. The van der Waals surface area contributed by atoms with Gasteiger partial charge < -0.3 is 4.89 Å². The van der Waals surface area contributed by atoms with E-state index in [2.05, 4.69) is 45.9 Å². The summed E-state index contributed by atoms with van der Waals surface area (Å²) in [6.45, 7) is -3.30. The van der Waals surface area contributed by atoms with Gasteiger partial charge in [0, 0.05) is 0 Å². The fourth-order valence-corrected chi connectivity index (χ4v) is 1.17. The molecule has 0 unspecified atom stereocenters. The van der Waals surface area contributed by atoms with Crippen molar-refractivity contribution in [2.75, 3.05) is 14.2 Å². The number of nitrogens with zero attached hydrogens (tertiary/aromatic N) is 3. The van der Waals surface area contributed by atoms with E-state index < -0.39 is 6.72 Å². The third-order valence-corrected chi connectivity index (χ3v) is 1.78. The predicted molar refractivity (Wildman–Crippen MR) is 52.5 cm³/mol. The highest BCUT2D eigenvalue weighted by molar-refractivity contribution is 8.07. The molecule has 1 aromatic rings. The van der Waals surface area contributed by atoms with Gasteiger partial charge >= 0.3 is 6.72 Å². The van der Waals surface area contributed by atoms with E-state index in [0.29, 0.717) is 0 Å². The standard InChI is InChI=1S/C3H3N3.C2H7O5PS/c1-4-2-6-3-5-1;1-4-6-8(3,9)7-5-2/h1-3H;1-2H3,(H,3,9). The van der Waals surface area contributed by atoms with Gasteiger partial charge in [-0.05, 0) is 11.8 Å². The van der Waals surface area contributed by atoms with Gasteiger partial charge in [-0.25, -0.2) is 24.7 Å².